The van der Waals surface area contributed by atoms with Gasteiger partial charge < -0.3 is 14.4 Å². The predicted molar refractivity (Wildman–Crippen MR) is 73.6 cm³/mol. The molecule has 1 aliphatic rings. The van der Waals surface area contributed by atoms with Crippen LogP contribution in [0, 0.1) is 0 Å². The molecule has 0 N–H and O–H groups in total. The molecule has 0 fully saturated rings. The van der Waals surface area contributed by atoms with Crippen molar-refractivity contribution in [3.8, 4) is 11.5 Å². The van der Waals surface area contributed by atoms with E-state index in [0.29, 0.717) is 12.1 Å². The number of ether oxygens (including phenoxy) is 2. The van der Waals surface area contributed by atoms with Gasteiger partial charge in [-0.05, 0) is 57.0 Å². The van der Waals surface area contributed by atoms with Crippen LogP contribution in [0.4, 0.5) is 0 Å². The monoisotopic (exact) mass is 249 g/mol. The van der Waals surface area contributed by atoms with Crippen LogP contribution in [0.3, 0.4) is 0 Å². The molecular formula is C15H23NO2. The van der Waals surface area contributed by atoms with Crippen LogP contribution < -0.4 is 9.47 Å². The average Bonchev–Trinajstić information content (AvgIpc) is 2.78. The largest absolute Gasteiger partial charge is 0.493 e. The van der Waals surface area contributed by atoms with Gasteiger partial charge in [-0.1, -0.05) is 0 Å². The molecule has 0 aromatic heterocycles. The Morgan fingerprint density at radius 2 is 1.50 bits per heavy atom. The molecule has 3 nitrogen and oxygen atoms in total. The van der Waals surface area contributed by atoms with E-state index in [1.807, 2.05) is 0 Å². The minimum Gasteiger partial charge on any atom is -0.493 e. The summed E-state index contributed by atoms with van der Waals surface area (Å²) in [6.07, 6.45) is 2.20. The zero-order chi connectivity index (χ0) is 13.3. The highest BCUT2D eigenvalue weighted by molar-refractivity contribution is 5.49. The number of hydrogen-bond acceptors (Lipinski definition) is 3. The van der Waals surface area contributed by atoms with Crippen LogP contribution in [-0.2, 0) is 12.8 Å². The summed E-state index contributed by atoms with van der Waals surface area (Å²) in [5.41, 5.74) is 2.79. The first-order chi connectivity index (χ1) is 8.56. The molecule has 0 radical (unpaired) electrons. The number of fused-ring (bicyclic) bond motifs is 1. The summed E-state index contributed by atoms with van der Waals surface area (Å²) in [6, 6.07) is 5.43. The van der Waals surface area contributed by atoms with E-state index in [2.05, 4.69) is 37.9 Å². The number of benzene rings is 1. The van der Waals surface area contributed by atoms with E-state index in [1.165, 1.54) is 11.1 Å². The summed E-state index contributed by atoms with van der Waals surface area (Å²) in [5.74, 6) is 1.67. The Morgan fingerprint density at radius 3 is 1.83 bits per heavy atom. The van der Waals surface area contributed by atoms with Crippen molar-refractivity contribution in [2.24, 2.45) is 0 Å². The van der Waals surface area contributed by atoms with Gasteiger partial charge in [0.2, 0.25) is 0 Å². The fraction of sp³-hybridized carbons (Fsp3) is 0.600. The predicted octanol–water partition coefficient (Wildman–Crippen LogP) is 2.51. The second-order valence-electron chi connectivity index (χ2n) is 5.30. The lowest BCUT2D eigenvalue weighted by molar-refractivity contribution is 0.201. The van der Waals surface area contributed by atoms with Gasteiger partial charge in [0.15, 0.2) is 11.5 Å². The maximum absolute atomic E-state index is 5.37. The van der Waals surface area contributed by atoms with Gasteiger partial charge >= 0.3 is 0 Å². The molecular weight excluding hydrogens is 226 g/mol. The fourth-order valence-corrected chi connectivity index (χ4v) is 2.63. The van der Waals surface area contributed by atoms with Gasteiger partial charge in [-0.3, -0.25) is 0 Å². The highest BCUT2D eigenvalue weighted by atomic mass is 16.5. The molecule has 18 heavy (non-hydrogen) atoms. The standard InChI is InChI=1S/C15H23NO2/c1-10(2)16(3)13-6-11-8-14(17-4)15(18-5)9-12(11)7-13/h8-10,13H,6-7H2,1-5H3. The highest BCUT2D eigenvalue weighted by Gasteiger charge is 2.27. The van der Waals surface area contributed by atoms with Crippen LogP contribution in [0.15, 0.2) is 12.1 Å². The van der Waals surface area contributed by atoms with Gasteiger partial charge in [-0.25, -0.2) is 0 Å². The number of nitrogens with zero attached hydrogens (tertiary/aromatic N) is 1. The molecule has 0 saturated carbocycles. The second-order valence-corrected chi connectivity index (χ2v) is 5.30. The molecule has 0 bridgehead atoms. The van der Waals surface area contributed by atoms with Crippen LogP contribution in [0.5, 0.6) is 11.5 Å². The molecule has 2 rings (SSSR count). The summed E-state index contributed by atoms with van der Waals surface area (Å²) >= 11 is 0. The Labute approximate surface area is 110 Å². The smallest absolute Gasteiger partial charge is 0.161 e. The van der Waals surface area contributed by atoms with E-state index in [9.17, 15) is 0 Å². The van der Waals surface area contributed by atoms with Gasteiger partial charge in [-0.15, -0.1) is 0 Å². The van der Waals surface area contributed by atoms with Crippen molar-refractivity contribution < 1.29 is 9.47 Å². The van der Waals surface area contributed by atoms with E-state index < -0.39 is 0 Å². The molecule has 3 heteroatoms. The first-order valence-electron chi connectivity index (χ1n) is 6.52. The third kappa shape index (κ3) is 2.32. The van der Waals surface area contributed by atoms with Crippen LogP contribution in [0.25, 0.3) is 0 Å². The molecule has 0 saturated heterocycles. The van der Waals surface area contributed by atoms with Crippen molar-refractivity contribution in [2.45, 2.75) is 38.8 Å². The Kier molecular flexibility index (Phi) is 3.81. The number of methoxy groups -OCH3 is 2. The van der Waals surface area contributed by atoms with Crippen LogP contribution >= 0.6 is 0 Å². The summed E-state index contributed by atoms with van der Waals surface area (Å²) in [6.45, 7) is 4.48. The summed E-state index contributed by atoms with van der Waals surface area (Å²) in [4.78, 5) is 2.44. The topological polar surface area (TPSA) is 21.7 Å². The van der Waals surface area contributed by atoms with Gasteiger partial charge in [0, 0.05) is 12.1 Å². The average molecular weight is 249 g/mol. The quantitative estimate of drug-likeness (QED) is 0.818. The van der Waals surface area contributed by atoms with E-state index >= 15 is 0 Å². The van der Waals surface area contributed by atoms with Crippen LogP contribution in [0.1, 0.15) is 25.0 Å². The summed E-state index contributed by atoms with van der Waals surface area (Å²) < 4.78 is 10.7. The first-order valence-corrected chi connectivity index (χ1v) is 6.52. The zero-order valence-corrected chi connectivity index (χ0v) is 12.0. The van der Waals surface area contributed by atoms with Crippen molar-refractivity contribution in [3.63, 3.8) is 0 Å². The van der Waals surface area contributed by atoms with E-state index in [1.54, 1.807) is 14.2 Å². The highest BCUT2D eigenvalue weighted by Crippen LogP contribution is 2.36. The molecule has 0 spiro atoms. The van der Waals surface area contributed by atoms with Gasteiger partial charge in [0.05, 0.1) is 14.2 Å². The van der Waals surface area contributed by atoms with Crippen molar-refractivity contribution in [1.29, 1.82) is 0 Å². The number of rotatable bonds is 4. The van der Waals surface area contributed by atoms with Crippen LogP contribution in [0.2, 0.25) is 0 Å². The minimum atomic E-state index is 0.577. The van der Waals surface area contributed by atoms with Gasteiger partial charge in [0.25, 0.3) is 0 Å². The van der Waals surface area contributed by atoms with Crippen molar-refractivity contribution in [1.82, 2.24) is 4.90 Å². The SMILES string of the molecule is COc1cc2c(cc1OC)CC(N(C)C(C)C)C2. The van der Waals surface area contributed by atoms with E-state index in [-0.39, 0.29) is 0 Å². The third-order valence-corrected chi connectivity index (χ3v) is 4.01. The van der Waals surface area contributed by atoms with Crippen molar-refractivity contribution in [2.75, 3.05) is 21.3 Å². The van der Waals surface area contributed by atoms with Crippen molar-refractivity contribution >= 4 is 0 Å². The van der Waals surface area contributed by atoms with E-state index in [4.69, 9.17) is 9.47 Å². The number of likely N-dealkylation sites (N-methyl/N-ethyl adjacent to an activating group) is 1. The Hall–Kier alpha value is -1.22. The zero-order valence-electron chi connectivity index (χ0n) is 12.0. The lowest BCUT2D eigenvalue weighted by Crippen LogP contribution is -2.37. The molecule has 0 unspecified atom stereocenters. The third-order valence-electron chi connectivity index (χ3n) is 4.01. The molecule has 0 amide bonds. The number of hydrogen-bond donors (Lipinski definition) is 0. The molecule has 100 valence electrons. The fourth-order valence-electron chi connectivity index (χ4n) is 2.63. The van der Waals surface area contributed by atoms with Crippen LogP contribution in [-0.4, -0.2) is 38.3 Å². The summed E-state index contributed by atoms with van der Waals surface area (Å²) in [5, 5.41) is 0. The van der Waals surface area contributed by atoms with Crippen molar-refractivity contribution in [3.05, 3.63) is 23.3 Å². The molecule has 0 atom stereocenters. The Balaban J connectivity index is 2.24. The normalized spacial score (nSPS) is 15.3. The first kappa shape index (κ1) is 13.2. The second kappa shape index (κ2) is 5.19. The Bertz CT molecular complexity index is 396. The lowest BCUT2D eigenvalue weighted by atomic mass is 10.1. The summed E-state index contributed by atoms with van der Waals surface area (Å²) in [7, 11) is 5.59. The molecule has 0 aliphatic heterocycles. The molecule has 0 heterocycles. The lowest BCUT2D eigenvalue weighted by Gasteiger charge is -2.27. The van der Waals surface area contributed by atoms with Gasteiger partial charge in [0.1, 0.15) is 0 Å². The van der Waals surface area contributed by atoms with Gasteiger partial charge in [-0.2, -0.15) is 0 Å². The maximum atomic E-state index is 5.37. The Morgan fingerprint density at radius 1 is 1.06 bits per heavy atom. The minimum absolute atomic E-state index is 0.577. The maximum Gasteiger partial charge on any atom is 0.161 e. The molecule has 1 aromatic rings. The molecule has 1 aromatic carbocycles. The van der Waals surface area contributed by atoms with E-state index in [0.717, 1.165) is 24.3 Å². The molecule has 1 aliphatic carbocycles.